The number of nitrogen functional groups attached to an aromatic ring is 1. The van der Waals surface area contributed by atoms with Gasteiger partial charge in [0.15, 0.2) is 11.6 Å². The van der Waals surface area contributed by atoms with Crippen LogP contribution in [0.4, 0.5) is 19.7 Å². The maximum atomic E-state index is 16.6. The van der Waals surface area contributed by atoms with E-state index in [1.54, 1.807) is 6.20 Å². The molecule has 9 nitrogen and oxygen atoms in total. The standard InChI is InChI=1S/C29H27F2N7O2S/c30-20-9-34-25(22-16(7-32)27(33)41-26(20)22)21-19-12-39-11-18(19)17-8-35-28(36-24(17)23(21)31)38-4-1-15(10-38)37-5-2-29(3-6-37)13-40-14-29/h8-9,15H,1-6,10-14,33H2/t15-/m1/s1. The first-order valence-electron chi connectivity index (χ1n) is 13.9. The van der Waals surface area contributed by atoms with Crippen molar-refractivity contribution in [1.82, 2.24) is 19.9 Å². The van der Waals surface area contributed by atoms with Gasteiger partial charge in [-0.25, -0.2) is 18.7 Å². The van der Waals surface area contributed by atoms with Crippen LogP contribution in [-0.4, -0.2) is 65.3 Å². The number of nitrogens with zero attached hydrogens (tertiary/aromatic N) is 6. The molecule has 0 saturated carbocycles. The van der Waals surface area contributed by atoms with Gasteiger partial charge in [0, 0.05) is 47.1 Å². The summed E-state index contributed by atoms with van der Waals surface area (Å²) in [6.07, 6.45) is 6.08. The van der Waals surface area contributed by atoms with Crippen molar-refractivity contribution in [2.24, 2.45) is 5.41 Å². The molecular weight excluding hydrogens is 548 g/mol. The van der Waals surface area contributed by atoms with E-state index in [0.29, 0.717) is 28.4 Å². The van der Waals surface area contributed by atoms with Gasteiger partial charge < -0.3 is 20.1 Å². The number of fused-ring (bicyclic) bond motifs is 4. The number of ether oxygens (including phenoxy) is 2. The summed E-state index contributed by atoms with van der Waals surface area (Å²) in [5.41, 5.74) is 8.45. The first-order valence-corrected chi connectivity index (χ1v) is 14.7. The van der Waals surface area contributed by atoms with E-state index in [2.05, 4.69) is 25.8 Å². The number of halogens is 2. The second-order valence-electron chi connectivity index (χ2n) is 11.6. The van der Waals surface area contributed by atoms with Gasteiger partial charge in [-0.15, -0.1) is 11.3 Å². The number of rotatable bonds is 3. The second-order valence-corrected chi connectivity index (χ2v) is 12.7. The number of hydrogen-bond acceptors (Lipinski definition) is 10. The molecule has 2 N–H and O–H groups in total. The van der Waals surface area contributed by atoms with E-state index in [4.69, 9.17) is 20.2 Å². The van der Waals surface area contributed by atoms with E-state index in [1.165, 1.54) is 12.8 Å². The zero-order valence-electron chi connectivity index (χ0n) is 22.3. The summed E-state index contributed by atoms with van der Waals surface area (Å²) < 4.78 is 42.7. The third kappa shape index (κ3) is 3.76. The second kappa shape index (κ2) is 9.25. The highest BCUT2D eigenvalue weighted by molar-refractivity contribution is 7.23. The third-order valence-corrected chi connectivity index (χ3v) is 10.4. The Morgan fingerprint density at radius 3 is 2.63 bits per heavy atom. The third-order valence-electron chi connectivity index (χ3n) is 9.37. The van der Waals surface area contributed by atoms with Gasteiger partial charge in [0.25, 0.3) is 0 Å². The van der Waals surface area contributed by atoms with Crippen LogP contribution in [-0.2, 0) is 22.7 Å². The number of benzene rings is 1. The van der Waals surface area contributed by atoms with Gasteiger partial charge in [-0.1, -0.05) is 0 Å². The summed E-state index contributed by atoms with van der Waals surface area (Å²) in [6.45, 7) is 5.95. The molecule has 1 atom stereocenters. The van der Waals surface area contributed by atoms with Gasteiger partial charge in [0.2, 0.25) is 5.95 Å². The Bertz CT molecular complexity index is 1770. The molecule has 1 spiro atoms. The number of likely N-dealkylation sites (tertiary alicyclic amines) is 1. The van der Waals surface area contributed by atoms with Crippen molar-refractivity contribution < 1.29 is 18.3 Å². The first kappa shape index (κ1) is 25.2. The number of nitrogens with two attached hydrogens (primary N) is 1. The molecule has 12 heteroatoms. The Morgan fingerprint density at radius 2 is 1.88 bits per heavy atom. The lowest BCUT2D eigenvalue weighted by Gasteiger charge is -2.48. The average molecular weight is 576 g/mol. The van der Waals surface area contributed by atoms with Crippen molar-refractivity contribution in [3.8, 4) is 17.3 Å². The average Bonchev–Trinajstić information content (AvgIpc) is 3.72. The van der Waals surface area contributed by atoms with E-state index in [-0.39, 0.29) is 50.6 Å². The molecule has 0 unspecified atom stereocenters. The van der Waals surface area contributed by atoms with Crippen LogP contribution in [0.1, 0.15) is 36.0 Å². The summed E-state index contributed by atoms with van der Waals surface area (Å²) in [7, 11) is 0. The number of hydrogen-bond donors (Lipinski definition) is 1. The molecule has 210 valence electrons. The lowest BCUT2D eigenvalue weighted by molar-refractivity contribution is -0.142. The minimum Gasteiger partial charge on any atom is -0.389 e. The van der Waals surface area contributed by atoms with E-state index in [9.17, 15) is 9.65 Å². The highest BCUT2D eigenvalue weighted by atomic mass is 32.1. The van der Waals surface area contributed by atoms with Crippen LogP contribution in [0.25, 0.3) is 32.2 Å². The molecule has 7 heterocycles. The normalized spacial score (nSPS) is 22.0. The topological polar surface area (TPSA) is 113 Å². The molecule has 0 bridgehead atoms. The number of piperidine rings is 1. The van der Waals surface area contributed by atoms with Crippen LogP contribution in [0.15, 0.2) is 12.4 Å². The van der Waals surface area contributed by atoms with E-state index in [1.807, 2.05) is 0 Å². The molecule has 8 rings (SSSR count). The predicted molar refractivity (Wildman–Crippen MR) is 150 cm³/mol. The summed E-state index contributed by atoms with van der Waals surface area (Å²) >= 11 is 0.961. The van der Waals surface area contributed by atoms with Gasteiger partial charge in [0.05, 0.1) is 48.6 Å². The molecular formula is C29H27F2N7O2S. The van der Waals surface area contributed by atoms with Crippen molar-refractivity contribution >= 4 is 43.3 Å². The highest BCUT2D eigenvalue weighted by Crippen LogP contribution is 2.45. The Balaban J connectivity index is 1.18. The van der Waals surface area contributed by atoms with Gasteiger partial charge in [0.1, 0.15) is 16.6 Å². The zero-order valence-corrected chi connectivity index (χ0v) is 23.1. The van der Waals surface area contributed by atoms with Gasteiger partial charge >= 0.3 is 0 Å². The quantitative estimate of drug-likeness (QED) is 0.381. The monoisotopic (exact) mass is 575 g/mol. The number of aromatic nitrogens is 3. The van der Waals surface area contributed by atoms with E-state index in [0.717, 1.165) is 68.9 Å². The molecule has 1 aromatic carbocycles. The van der Waals surface area contributed by atoms with Crippen molar-refractivity contribution in [3.05, 3.63) is 40.7 Å². The Labute approximate surface area is 238 Å². The summed E-state index contributed by atoms with van der Waals surface area (Å²) in [4.78, 5) is 18.4. The van der Waals surface area contributed by atoms with Crippen molar-refractivity contribution in [1.29, 1.82) is 5.26 Å². The minimum absolute atomic E-state index is 0.0964. The summed E-state index contributed by atoms with van der Waals surface area (Å²) in [5.74, 6) is -0.699. The molecule has 3 aromatic heterocycles. The predicted octanol–water partition coefficient (Wildman–Crippen LogP) is 4.36. The smallest absolute Gasteiger partial charge is 0.226 e. The molecule has 0 radical (unpaired) electrons. The molecule has 3 saturated heterocycles. The highest BCUT2D eigenvalue weighted by Gasteiger charge is 2.43. The van der Waals surface area contributed by atoms with Crippen LogP contribution in [0.2, 0.25) is 0 Å². The lowest BCUT2D eigenvalue weighted by atomic mass is 9.76. The number of nitriles is 1. The SMILES string of the molecule is N#Cc1c(N)sc2c(F)cnc(-c3c4c(c5cnc(N6CC[C@@H](N7CCC8(CC7)COC8)C6)nc5c3F)COC4)c12. The Morgan fingerprint density at radius 1 is 1.07 bits per heavy atom. The maximum absolute atomic E-state index is 16.6. The minimum atomic E-state index is -0.603. The van der Waals surface area contributed by atoms with Gasteiger partial charge in [-0.3, -0.25) is 9.88 Å². The fourth-order valence-electron chi connectivity index (χ4n) is 6.96. The number of anilines is 2. The Kier molecular flexibility index (Phi) is 5.69. The summed E-state index contributed by atoms with van der Waals surface area (Å²) in [5, 5.41) is 10.8. The molecule has 3 fully saturated rings. The fraction of sp³-hybridized carbons (Fsp3) is 0.448. The molecule has 4 aromatic rings. The van der Waals surface area contributed by atoms with Crippen LogP contribution < -0.4 is 10.6 Å². The maximum Gasteiger partial charge on any atom is 0.226 e. The molecule has 4 aliphatic rings. The van der Waals surface area contributed by atoms with Crippen LogP contribution >= 0.6 is 11.3 Å². The molecule has 41 heavy (non-hydrogen) atoms. The lowest BCUT2D eigenvalue weighted by Crippen LogP contribution is -2.53. The van der Waals surface area contributed by atoms with E-state index >= 15 is 4.39 Å². The fourth-order valence-corrected chi connectivity index (χ4v) is 7.88. The first-order chi connectivity index (χ1) is 20.0. The largest absolute Gasteiger partial charge is 0.389 e. The van der Waals surface area contributed by atoms with Crippen molar-refractivity contribution in [2.45, 2.75) is 38.5 Å². The van der Waals surface area contributed by atoms with E-state index < -0.39 is 11.6 Å². The van der Waals surface area contributed by atoms with Crippen LogP contribution in [0.3, 0.4) is 0 Å². The van der Waals surface area contributed by atoms with Crippen LogP contribution in [0, 0.1) is 28.4 Å². The Hall–Kier alpha value is -3.50. The molecule has 0 amide bonds. The molecule has 4 aliphatic heterocycles. The van der Waals surface area contributed by atoms with Gasteiger partial charge in [-0.2, -0.15) is 5.26 Å². The van der Waals surface area contributed by atoms with Gasteiger partial charge in [-0.05, 0) is 43.5 Å². The van der Waals surface area contributed by atoms with Crippen molar-refractivity contribution in [2.75, 3.05) is 50.0 Å². The zero-order chi connectivity index (χ0) is 27.9. The summed E-state index contributed by atoms with van der Waals surface area (Å²) in [6, 6.07) is 2.46. The number of pyridine rings is 1. The molecule has 0 aliphatic carbocycles. The number of thiophene rings is 1. The van der Waals surface area contributed by atoms with Crippen molar-refractivity contribution in [3.63, 3.8) is 0 Å². The van der Waals surface area contributed by atoms with Crippen LogP contribution in [0.5, 0.6) is 0 Å².